The van der Waals surface area contributed by atoms with E-state index in [9.17, 15) is 0 Å². The summed E-state index contributed by atoms with van der Waals surface area (Å²) in [5, 5.41) is 6.74. The minimum atomic E-state index is 0.293. The Balaban J connectivity index is 1.96. The third-order valence-corrected chi connectivity index (χ3v) is 4.71. The summed E-state index contributed by atoms with van der Waals surface area (Å²) in [5.74, 6) is 1.34. The number of thioether (sulfide) groups is 1. The fraction of sp³-hybridized carbons (Fsp3) is 0.250. The van der Waals surface area contributed by atoms with Crippen LogP contribution in [0.5, 0.6) is 0 Å². The summed E-state index contributed by atoms with van der Waals surface area (Å²) in [5.41, 5.74) is 2.61. The van der Waals surface area contributed by atoms with Crippen molar-refractivity contribution in [1.82, 2.24) is 15.0 Å². The van der Waals surface area contributed by atoms with Crippen LogP contribution in [0, 0.1) is 0 Å². The smallest absolute Gasteiger partial charge is 0.225 e. The van der Waals surface area contributed by atoms with Gasteiger partial charge in [-0.15, -0.1) is 11.8 Å². The molecule has 5 nitrogen and oxygen atoms in total. The van der Waals surface area contributed by atoms with Gasteiger partial charge in [0.1, 0.15) is 5.82 Å². The van der Waals surface area contributed by atoms with Crippen molar-refractivity contribution in [3.8, 4) is 11.4 Å². The van der Waals surface area contributed by atoms with E-state index in [2.05, 4.69) is 57.8 Å². The number of nitrogens with one attached hydrogen (secondary N) is 2. The molecule has 0 spiro atoms. The molecule has 1 atom stereocenters. The molecule has 3 rings (SSSR count). The summed E-state index contributed by atoms with van der Waals surface area (Å²) in [7, 11) is 0. The van der Waals surface area contributed by atoms with E-state index in [1.54, 1.807) is 18.0 Å². The number of hydrogen-bond donors (Lipinski definition) is 2. The zero-order valence-corrected chi connectivity index (χ0v) is 16.0. The third-order valence-electron chi connectivity index (χ3n) is 3.98. The number of rotatable bonds is 7. The van der Waals surface area contributed by atoms with Crippen LogP contribution in [0.15, 0.2) is 59.6 Å². The quantitative estimate of drug-likeness (QED) is 0.560. The van der Waals surface area contributed by atoms with E-state index in [-0.39, 0.29) is 0 Å². The standard InChI is InChI=1S/C20H23N5S/c1-4-14(2)22-20-24-18(17-10-5-6-11-21-17)13-19(25-20)23-15-8-7-9-16(12-15)26-3/h5-14H,4H2,1-3H3,(H2,22,23,24,25)/t14-/m0/s1. The van der Waals surface area contributed by atoms with Crippen molar-refractivity contribution in [2.75, 3.05) is 16.9 Å². The Morgan fingerprint density at radius 1 is 1.04 bits per heavy atom. The van der Waals surface area contributed by atoms with Crippen molar-refractivity contribution in [2.24, 2.45) is 0 Å². The van der Waals surface area contributed by atoms with E-state index >= 15 is 0 Å². The second-order valence-corrected chi connectivity index (χ2v) is 6.87. The van der Waals surface area contributed by atoms with Crippen LogP contribution < -0.4 is 10.6 Å². The lowest BCUT2D eigenvalue weighted by Crippen LogP contribution is -2.16. The Labute approximate surface area is 158 Å². The van der Waals surface area contributed by atoms with Crippen LogP contribution in [0.4, 0.5) is 17.5 Å². The maximum Gasteiger partial charge on any atom is 0.225 e. The van der Waals surface area contributed by atoms with Crippen LogP contribution in [0.2, 0.25) is 0 Å². The molecule has 0 saturated heterocycles. The summed E-state index contributed by atoms with van der Waals surface area (Å²) < 4.78 is 0. The topological polar surface area (TPSA) is 62.7 Å². The highest BCUT2D eigenvalue weighted by Crippen LogP contribution is 2.25. The summed E-state index contributed by atoms with van der Waals surface area (Å²) in [6.07, 6.45) is 4.83. The number of anilines is 3. The van der Waals surface area contributed by atoms with E-state index < -0.39 is 0 Å². The Morgan fingerprint density at radius 3 is 2.65 bits per heavy atom. The maximum atomic E-state index is 4.64. The first kappa shape index (κ1) is 18.2. The summed E-state index contributed by atoms with van der Waals surface area (Å²) in [6, 6.07) is 16.3. The summed E-state index contributed by atoms with van der Waals surface area (Å²) >= 11 is 1.71. The average Bonchev–Trinajstić information content (AvgIpc) is 2.68. The van der Waals surface area contributed by atoms with Gasteiger partial charge in [0.05, 0.1) is 11.4 Å². The van der Waals surface area contributed by atoms with Gasteiger partial charge in [-0.2, -0.15) is 4.98 Å². The number of nitrogens with zero attached hydrogens (tertiary/aromatic N) is 3. The van der Waals surface area contributed by atoms with E-state index in [0.717, 1.165) is 29.3 Å². The van der Waals surface area contributed by atoms with Crippen molar-refractivity contribution < 1.29 is 0 Å². The van der Waals surface area contributed by atoms with Crippen LogP contribution in [0.1, 0.15) is 20.3 Å². The zero-order valence-electron chi connectivity index (χ0n) is 15.2. The van der Waals surface area contributed by atoms with Gasteiger partial charge >= 0.3 is 0 Å². The van der Waals surface area contributed by atoms with Crippen molar-refractivity contribution in [3.05, 3.63) is 54.7 Å². The number of aromatic nitrogens is 3. The molecule has 0 fully saturated rings. The maximum absolute atomic E-state index is 4.64. The lowest BCUT2D eigenvalue weighted by atomic mass is 10.2. The first-order chi connectivity index (χ1) is 12.7. The number of pyridine rings is 1. The Kier molecular flexibility index (Phi) is 6.07. The molecular formula is C20H23N5S. The van der Waals surface area contributed by atoms with E-state index in [4.69, 9.17) is 0 Å². The number of benzene rings is 1. The second-order valence-electron chi connectivity index (χ2n) is 5.99. The normalized spacial score (nSPS) is 11.8. The predicted octanol–water partition coefficient (Wildman–Crippen LogP) is 5.21. The van der Waals surface area contributed by atoms with Crippen molar-refractivity contribution in [2.45, 2.75) is 31.2 Å². The van der Waals surface area contributed by atoms with Crippen molar-refractivity contribution >= 4 is 29.2 Å². The molecule has 0 bridgehead atoms. The molecule has 0 amide bonds. The summed E-state index contributed by atoms with van der Waals surface area (Å²) in [6.45, 7) is 4.25. The highest BCUT2D eigenvalue weighted by molar-refractivity contribution is 7.98. The molecule has 1 aromatic carbocycles. The molecular weight excluding hydrogens is 342 g/mol. The highest BCUT2D eigenvalue weighted by Gasteiger charge is 2.10. The third kappa shape index (κ3) is 4.73. The van der Waals surface area contributed by atoms with Crippen LogP contribution >= 0.6 is 11.8 Å². The molecule has 0 radical (unpaired) electrons. The van der Waals surface area contributed by atoms with Crippen LogP contribution in [-0.2, 0) is 0 Å². The molecule has 0 unspecified atom stereocenters. The lowest BCUT2D eigenvalue weighted by molar-refractivity contribution is 0.753. The van der Waals surface area contributed by atoms with Gasteiger partial charge in [0.15, 0.2) is 0 Å². The molecule has 2 heterocycles. The van der Waals surface area contributed by atoms with Crippen molar-refractivity contribution in [3.63, 3.8) is 0 Å². The van der Waals surface area contributed by atoms with Gasteiger partial charge in [0.25, 0.3) is 0 Å². The van der Waals surface area contributed by atoms with Crippen LogP contribution in [-0.4, -0.2) is 27.2 Å². The predicted molar refractivity (Wildman–Crippen MR) is 110 cm³/mol. The molecule has 6 heteroatoms. The molecule has 0 aliphatic heterocycles. The lowest BCUT2D eigenvalue weighted by Gasteiger charge is -2.14. The molecule has 3 aromatic rings. The van der Waals surface area contributed by atoms with Crippen LogP contribution in [0.3, 0.4) is 0 Å². The molecule has 0 saturated carbocycles. The minimum Gasteiger partial charge on any atom is -0.352 e. The molecule has 26 heavy (non-hydrogen) atoms. The average molecular weight is 366 g/mol. The van der Waals surface area contributed by atoms with Gasteiger partial charge in [0, 0.05) is 28.9 Å². The van der Waals surface area contributed by atoms with E-state index in [1.165, 1.54) is 4.90 Å². The Hall–Kier alpha value is -2.60. The fourth-order valence-corrected chi connectivity index (χ4v) is 2.85. The van der Waals surface area contributed by atoms with Gasteiger partial charge in [-0.25, -0.2) is 4.98 Å². The molecule has 0 aliphatic rings. The van der Waals surface area contributed by atoms with Gasteiger partial charge in [-0.1, -0.05) is 19.1 Å². The second kappa shape index (κ2) is 8.67. The van der Waals surface area contributed by atoms with Crippen molar-refractivity contribution in [1.29, 1.82) is 0 Å². The van der Waals surface area contributed by atoms with Gasteiger partial charge in [0.2, 0.25) is 5.95 Å². The van der Waals surface area contributed by atoms with Gasteiger partial charge < -0.3 is 10.6 Å². The van der Waals surface area contributed by atoms with E-state index in [0.29, 0.717) is 12.0 Å². The largest absolute Gasteiger partial charge is 0.352 e. The monoisotopic (exact) mass is 365 g/mol. The minimum absolute atomic E-state index is 0.293. The molecule has 134 valence electrons. The Morgan fingerprint density at radius 2 is 1.92 bits per heavy atom. The first-order valence-corrected chi connectivity index (χ1v) is 9.88. The summed E-state index contributed by atoms with van der Waals surface area (Å²) in [4.78, 5) is 14.9. The van der Waals surface area contributed by atoms with Gasteiger partial charge in [-0.3, -0.25) is 4.98 Å². The highest BCUT2D eigenvalue weighted by atomic mass is 32.2. The van der Waals surface area contributed by atoms with E-state index in [1.807, 2.05) is 36.4 Å². The molecule has 2 N–H and O–H groups in total. The van der Waals surface area contributed by atoms with Crippen LogP contribution in [0.25, 0.3) is 11.4 Å². The number of hydrogen-bond acceptors (Lipinski definition) is 6. The fourth-order valence-electron chi connectivity index (χ4n) is 2.39. The van der Waals surface area contributed by atoms with Gasteiger partial charge in [-0.05, 0) is 49.9 Å². The molecule has 2 aromatic heterocycles. The first-order valence-electron chi connectivity index (χ1n) is 8.66. The zero-order chi connectivity index (χ0) is 18.4. The molecule has 0 aliphatic carbocycles. The SMILES string of the molecule is CC[C@H](C)Nc1nc(Nc2cccc(SC)c2)cc(-c2ccccn2)n1. The Bertz CT molecular complexity index is 854.